The minimum Gasteiger partial charge on any atom is -0.486 e. The van der Waals surface area contributed by atoms with Crippen molar-refractivity contribution in [2.45, 2.75) is 17.6 Å². The molecule has 2 aromatic carbocycles. The standard InChI is InChI=1S/C21H17N3O3S3/c1-12-22-13(10-28-12)11-29-18-5-3-2-4-14(18)20(25)24-21-23-15-8-16-17(9-19(15)30-21)27-7-6-26-16/h2-5,8-10H,6-7,11H2,1H3,(H,23,24,25). The molecule has 1 amide bonds. The van der Waals surface area contributed by atoms with E-state index in [-0.39, 0.29) is 5.91 Å². The molecule has 9 heteroatoms. The number of rotatable bonds is 5. The molecule has 1 aliphatic rings. The van der Waals surface area contributed by atoms with Crippen LogP contribution < -0.4 is 14.8 Å². The molecule has 6 nitrogen and oxygen atoms in total. The van der Waals surface area contributed by atoms with Gasteiger partial charge in [0.15, 0.2) is 16.6 Å². The molecule has 0 saturated carbocycles. The fourth-order valence-corrected chi connectivity index (χ4v) is 5.62. The van der Waals surface area contributed by atoms with E-state index in [4.69, 9.17) is 9.47 Å². The van der Waals surface area contributed by atoms with Gasteiger partial charge in [0.25, 0.3) is 5.91 Å². The van der Waals surface area contributed by atoms with Crippen LogP contribution in [0.2, 0.25) is 0 Å². The molecule has 0 unspecified atom stereocenters. The summed E-state index contributed by atoms with van der Waals surface area (Å²) in [6.07, 6.45) is 0. The molecule has 0 radical (unpaired) electrons. The first-order valence-corrected chi connectivity index (χ1v) is 12.0. The van der Waals surface area contributed by atoms with Crippen molar-refractivity contribution in [2.24, 2.45) is 0 Å². The lowest BCUT2D eigenvalue weighted by Crippen LogP contribution is -2.15. The third kappa shape index (κ3) is 4.00. The summed E-state index contributed by atoms with van der Waals surface area (Å²) in [4.78, 5) is 22.9. The average molecular weight is 456 g/mol. The number of thiazole rings is 2. The highest BCUT2D eigenvalue weighted by molar-refractivity contribution is 7.98. The predicted octanol–water partition coefficient (Wildman–Crippen LogP) is 5.38. The summed E-state index contributed by atoms with van der Waals surface area (Å²) >= 11 is 4.66. The Hall–Kier alpha value is -2.62. The maximum atomic E-state index is 13.0. The lowest BCUT2D eigenvalue weighted by atomic mass is 10.2. The van der Waals surface area contributed by atoms with Crippen LogP contribution in [0.3, 0.4) is 0 Å². The van der Waals surface area contributed by atoms with Gasteiger partial charge in [0.05, 0.1) is 26.5 Å². The van der Waals surface area contributed by atoms with Crippen LogP contribution in [0.15, 0.2) is 46.7 Å². The van der Waals surface area contributed by atoms with Crippen LogP contribution in [-0.2, 0) is 5.75 Å². The number of carbonyl (C=O) groups excluding carboxylic acids is 1. The average Bonchev–Trinajstić information content (AvgIpc) is 3.35. The highest BCUT2D eigenvalue weighted by atomic mass is 32.2. The Labute approximate surface area is 185 Å². The molecule has 152 valence electrons. The molecule has 0 bridgehead atoms. The Morgan fingerprint density at radius 2 is 1.97 bits per heavy atom. The summed E-state index contributed by atoms with van der Waals surface area (Å²) in [5.74, 6) is 1.95. The second-order valence-corrected chi connectivity index (χ2v) is 9.69. The van der Waals surface area contributed by atoms with E-state index in [1.165, 1.54) is 11.3 Å². The number of ether oxygens (including phenoxy) is 2. The van der Waals surface area contributed by atoms with Gasteiger partial charge in [-0.2, -0.15) is 0 Å². The van der Waals surface area contributed by atoms with Gasteiger partial charge in [0, 0.05) is 28.2 Å². The van der Waals surface area contributed by atoms with Gasteiger partial charge in [0.1, 0.15) is 13.2 Å². The summed E-state index contributed by atoms with van der Waals surface area (Å²) < 4.78 is 12.2. The molecular formula is C21H17N3O3S3. The highest BCUT2D eigenvalue weighted by Gasteiger charge is 2.18. The maximum absolute atomic E-state index is 13.0. The number of thioether (sulfide) groups is 1. The number of hydrogen-bond donors (Lipinski definition) is 1. The number of aryl methyl sites for hydroxylation is 1. The van der Waals surface area contributed by atoms with Crippen molar-refractivity contribution in [2.75, 3.05) is 18.5 Å². The van der Waals surface area contributed by atoms with Crippen molar-refractivity contribution in [3.05, 3.63) is 58.0 Å². The second-order valence-electron chi connectivity index (χ2n) is 6.58. The van der Waals surface area contributed by atoms with E-state index in [1.54, 1.807) is 23.1 Å². The van der Waals surface area contributed by atoms with Crippen molar-refractivity contribution in [3.63, 3.8) is 0 Å². The molecule has 2 aromatic heterocycles. The number of benzene rings is 2. The summed E-state index contributed by atoms with van der Waals surface area (Å²) in [5, 5.41) is 6.59. The number of hydrogen-bond acceptors (Lipinski definition) is 8. The summed E-state index contributed by atoms with van der Waals surface area (Å²) in [6, 6.07) is 11.4. The summed E-state index contributed by atoms with van der Waals surface area (Å²) in [6.45, 7) is 3.06. The van der Waals surface area contributed by atoms with E-state index in [1.807, 2.05) is 43.3 Å². The normalized spacial score (nSPS) is 12.8. The molecule has 30 heavy (non-hydrogen) atoms. The number of amides is 1. The van der Waals surface area contributed by atoms with Crippen LogP contribution in [-0.4, -0.2) is 29.1 Å². The van der Waals surface area contributed by atoms with Crippen LogP contribution in [0.4, 0.5) is 5.13 Å². The van der Waals surface area contributed by atoms with Crippen LogP contribution in [0, 0.1) is 6.92 Å². The molecule has 5 rings (SSSR count). The molecule has 0 spiro atoms. The molecule has 4 aromatic rings. The van der Waals surface area contributed by atoms with Gasteiger partial charge in [-0.05, 0) is 19.1 Å². The molecule has 0 saturated heterocycles. The monoisotopic (exact) mass is 455 g/mol. The van der Waals surface area contributed by atoms with Crippen molar-refractivity contribution in [3.8, 4) is 11.5 Å². The second kappa shape index (κ2) is 8.25. The smallest absolute Gasteiger partial charge is 0.258 e. The van der Waals surface area contributed by atoms with Gasteiger partial charge in [-0.3, -0.25) is 10.1 Å². The van der Waals surface area contributed by atoms with Gasteiger partial charge in [-0.15, -0.1) is 23.1 Å². The largest absolute Gasteiger partial charge is 0.486 e. The molecule has 3 heterocycles. The SMILES string of the molecule is Cc1nc(CSc2ccccc2C(=O)Nc2nc3cc4c(cc3s2)OCCO4)cs1. The number of nitrogens with one attached hydrogen (secondary N) is 1. The summed E-state index contributed by atoms with van der Waals surface area (Å²) in [5.41, 5.74) is 2.43. The minimum atomic E-state index is -0.177. The number of nitrogens with zero attached hydrogens (tertiary/aromatic N) is 2. The fraction of sp³-hybridized carbons (Fsp3) is 0.190. The first-order chi connectivity index (χ1) is 14.7. The van der Waals surface area contributed by atoms with Crippen molar-refractivity contribution in [1.29, 1.82) is 0 Å². The molecule has 0 atom stereocenters. The third-order valence-electron chi connectivity index (χ3n) is 4.45. The van der Waals surface area contributed by atoms with Crippen LogP contribution in [0.1, 0.15) is 21.1 Å². The number of fused-ring (bicyclic) bond motifs is 2. The molecule has 1 aliphatic heterocycles. The number of anilines is 1. The summed E-state index contributed by atoms with van der Waals surface area (Å²) in [7, 11) is 0. The highest BCUT2D eigenvalue weighted by Crippen LogP contribution is 2.38. The first kappa shape index (κ1) is 19.3. The Balaban J connectivity index is 1.35. The van der Waals surface area contributed by atoms with E-state index in [9.17, 15) is 4.79 Å². The van der Waals surface area contributed by atoms with Gasteiger partial charge in [-0.1, -0.05) is 23.5 Å². The number of aromatic nitrogens is 2. The van der Waals surface area contributed by atoms with E-state index < -0.39 is 0 Å². The Morgan fingerprint density at radius 1 is 1.17 bits per heavy atom. The lowest BCUT2D eigenvalue weighted by molar-refractivity contribution is 0.102. The van der Waals surface area contributed by atoms with E-state index in [0.717, 1.165) is 31.6 Å². The topological polar surface area (TPSA) is 73.3 Å². The quantitative estimate of drug-likeness (QED) is 0.408. The van der Waals surface area contributed by atoms with Crippen molar-refractivity contribution in [1.82, 2.24) is 9.97 Å². The van der Waals surface area contributed by atoms with Crippen molar-refractivity contribution >= 4 is 55.7 Å². The zero-order valence-electron chi connectivity index (χ0n) is 16.0. The van der Waals surface area contributed by atoms with E-state index in [0.29, 0.717) is 35.4 Å². The predicted molar refractivity (Wildman–Crippen MR) is 121 cm³/mol. The van der Waals surface area contributed by atoms with Crippen LogP contribution >= 0.6 is 34.4 Å². The minimum absolute atomic E-state index is 0.177. The van der Waals surface area contributed by atoms with Crippen LogP contribution in [0.5, 0.6) is 11.5 Å². The van der Waals surface area contributed by atoms with E-state index >= 15 is 0 Å². The molecule has 0 aliphatic carbocycles. The Bertz CT molecular complexity index is 1190. The lowest BCUT2D eigenvalue weighted by Gasteiger charge is -2.17. The zero-order valence-corrected chi connectivity index (χ0v) is 18.5. The number of carbonyl (C=O) groups is 1. The first-order valence-electron chi connectivity index (χ1n) is 9.30. The molecule has 1 N–H and O–H groups in total. The molecule has 0 fully saturated rings. The third-order valence-corrected chi connectivity index (χ3v) is 7.31. The van der Waals surface area contributed by atoms with Crippen LogP contribution in [0.25, 0.3) is 10.2 Å². The van der Waals surface area contributed by atoms with Gasteiger partial charge in [-0.25, -0.2) is 9.97 Å². The zero-order chi connectivity index (χ0) is 20.5. The Kier molecular flexibility index (Phi) is 5.32. The van der Waals surface area contributed by atoms with Gasteiger partial charge in [0.2, 0.25) is 0 Å². The fourth-order valence-electron chi connectivity index (χ4n) is 3.09. The maximum Gasteiger partial charge on any atom is 0.258 e. The van der Waals surface area contributed by atoms with Gasteiger partial charge < -0.3 is 9.47 Å². The molecular weight excluding hydrogens is 438 g/mol. The van der Waals surface area contributed by atoms with Gasteiger partial charge >= 0.3 is 0 Å². The van der Waals surface area contributed by atoms with Crippen molar-refractivity contribution < 1.29 is 14.3 Å². The van der Waals surface area contributed by atoms with E-state index in [2.05, 4.69) is 20.7 Å². The Morgan fingerprint density at radius 3 is 2.77 bits per heavy atom.